The Kier molecular flexibility index (Phi) is 5.16. The van der Waals surface area contributed by atoms with E-state index in [1.54, 1.807) is 0 Å². The molecule has 0 atom stereocenters. The van der Waals surface area contributed by atoms with Gasteiger partial charge in [-0.1, -0.05) is 36.4 Å². The van der Waals surface area contributed by atoms with Crippen LogP contribution < -0.4 is 10.1 Å². The molecule has 102 valence electrons. The highest BCUT2D eigenvalue weighted by molar-refractivity contribution is 5.29. The number of benzene rings is 2. The molecule has 0 fully saturated rings. The first-order valence-corrected chi connectivity index (χ1v) is 6.63. The van der Waals surface area contributed by atoms with Crippen LogP contribution in [0.2, 0.25) is 0 Å². The predicted molar refractivity (Wildman–Crippen MR) is 79.3 cm³/mol. The molecule has 3 heteroatoms. The van der Waals surface area contributed by atoms with Crippen molar-refractivity contribution in [2.75, 3.05) is 6.61 Å². The van der Waals surface area contributed by atoms with Crippen molar-refractivity contribution in [3.63, 3.8) is 0 Å². The highest BCUT2D eigenvalue weighted by Crippen LogP contribution is 2.13. The van der Waals surface area contributed by atoms with Crippen molar-refractivity contribution in [2.45, 2.75) is 20.0 Å². The van der Waals surface area contributed by atoms with Crippen molar-refractivity contribution >= 4 is 0 Å². The fourth-order valence-corrected chi connectivity index (χ4v) is 2.01. The average Bonchev–Trinajstić information content (AvgIpc) is 2.48. The molecule has 2 aromatic rings. The normalized spacial score (nSPS) is 10.0. The molecule has 0 unspecified atom stereocenters. The van der Waals surface area contributed by atoms with Gasteiger partial charge in [0, 0.05) is 13.1 Å². The number of ether oxygens (including phenoxy) is 1. The number of aryl methyl sites for hydroxylation is 1. The van der Waals surface area contributed by atoms with E-state index < -0.39 is 0 Å². The number of nitriles is 1. The fourth-order valence-electron chi connectivity index (χ4n) is 2.01. The summed E-state index contributed by atoms with van der Waals surface area (Å²) < 4.78 is 5.29. The lowest BCUT2D eigenvalue weighted by Gasteiger charge is -2.09. The van der Waals surface area contributed by atoms with E-state index in [9.17, 15) is 0 Å². The van der Waals surface area contributed by atoms with E-state index in [1.807, 2.05) is 30.3 Å². The molecule has 3 nitrogen and oxygen atoms in total. The van der Waals surface area contributed by atoms with Crippen LogP contribution in [-0.2, 0) is 13.1 Å². The van der Waals surface area contributed by atoms with Crippen molar-refractivity contribution < 1.29 is 4.74 Å². The summed E-state index contributed by atoms with van der Waals surface area (Å²) >= 11 is 0. The minimum absolute atomic E-state index is 0.0834. The van der Waals surface area contributed by atoms with Crippen molar-refractivity contribution in [1.82, 2.24) is 5.32 Å². The van der Waals surface area contributed by atoms with Gasteiger partial charge in [-0.15, -0.1) is 0 Å². The van der Waals surface area contributed by atoms with Gasteiger partial charge in [0.25, 0.3) is 0 Å². The van der Waals surface area contributed by atoms with E-state index in [4.69, 9.17) is 10.00 Å². The molecule has 0 saturated carbocycles. The first-order chi connectivity index (χ1) is 9.79. The number of nitrogens with one attached hydrogen (secondary N) is 1. The van der Waals surface area contributed by atoms with Gasteiger partial charge >= 0.3 is 0 Å². The Balaban J connectivity index is 1.88. The number of hydrogen-bond donors (Lipinski definition) is 1. The molecule has 0 saturated heterocycles. The Bertz CT molecular complexity index is 602. The summed E-state index contributed by atoms with van der Waals surface area (Å²) in [5.41, 5.74) is 3.75. The maximum Gasteiger partial charge on any atom is 0.174 e. The Morgan fingerprint density at radius 3 is 2.75 bits per heavy atom. The largest absolute Gasteiger partial charge is 0.479 e. The minimum atomic E-state index is 0.0834. The molecule has 0 aromatic heterocycles. The third-order valence-electron chi connectivity index (χ3n) is 3.11. The van der Waals surface area contributed by atoms with Gasteiger partial charge in [-0.05, 0) is 35.7 Å². The molecule has 0 heterocycles. The van der Waals surface area contributed by atoms with Crippen LogP contribution in [0.4, 0.5) is 0 Å². The Morgan fingerprint density at radius 1 is 1.10 bits per heavy atom. The highest BCUT2D eigenvalue weighted by Gasteiger charge is 1.99. The summed E-state index contributed by atoms with van der Waals surface area (Å²) in [6.45, 7) is 3.82. The van der Waals surface area contributed by atoms with Gasteiger partial charge in [0.05, 0.1) is 0 Å². The maximum atomic E-state index is 8.50. The molecular weight excluding hydrogens is 248 g/mol. The molecule has 0 spiro atoms. The predicted octanol–water partition coefficient (Wildman–Crippen LogP) is 3.19. The van der Waals surface area contributed by atoms with Crippen LogP contribution in [0.15, 0.2) is 48.5 Å². The number of rotatable bonds is 6. The molecule has 0 radical (unpaired) electrons. The SMILES string of the molecule is Cc1ccccc1CNCc1cccc(OCC#N)c1. The van der Waals surface area contributed by atoms with Gasteiger partial charge in [-0.25, -0.2) is 0 Å². The lowest BCUT2D eigenvalue weighted by atomic mass is 10.1. The molecule has 0 amide bonds. The molecule has 0 bridgehead atoms. The van der Waals surface area contributed by atoms with E-state index in [0.717, 1.165) is 24.4 Å². The average molecular weight is 266 g/mol. The lowest BCUT2D eigenvalue weighted by Crippen LogP contribution is -2.13. The van der Waals surface area contributed by atoms with E-state index in [-0.39, 0.29) is 6.61 Å². The first kappa shape index (κ1) is 14.1. The zero-order valence-electron chi connectivity index (χ0n) is 11.6. The standard InChI is InChI=1S/C17H18N2O/c1-14-5-2-3-7-16(14)13-19-12-15-6-4-8-17(11-15)20-10-9-18/h2-8,11,19H,10,12-13H2,1H3. The van der Waals surface area contributed by atoms with Crippen LogP contribution >= 0.6 is 0 Å². The monoisotopic (exact) mass is 266 g/mol. The van der Waals surface area contributed by atoms with Crippen LogP contribution in [0.1, 0.15) is 16.7 Å². The van der Waals surface area contributed by atoms with Gasteiger partial charge in [0.15, 0.2) is 6.61 Å². The Morgan fingerprint density at radius 2 is 1.95 bits per heavy atom. The second kappa shape index (κ2) is 7.32. The molecule has 1 N–H and O–H groups in total. The van der Waals surface area contributed by atoms with Crippen LogP contribution in [0.25, 0.3) is 0 Å². The van der Waals surface area contributed by atoms with Gasteiger partial charge in [0.1, 0.15) is 11.8 Å². The maximum absolute atomic E-state index is 8.50. The molecule has 0 aliphatic heterocycles. The second-order valence-electron chi connectivity index (χ2n) is 4.62. The van der Waals surface area contributed by atoms with E-state index in [1.165, 1.54) is 11.1 Å². The van der Waals surface area contributed by atoms with Crippen LogP contribution in [0.3, 0.4) is 0 Å². The van der Waals surface area contributed by atoms with E-state index in [0.29, 0.717) is 0 Å². The van der Waals surface area contributed by atoms with Gasteiger partial charge in [-0.2, -0.15) is 5.26 Å². The quantitative estimate of drug-likeness (QED) is 0.873. The minimum Gasteiger partial charge on any atom is -0.479 e. The molecule has 2 aromatic carbocycles. The Labute approximate surface area is 119 Å². The van der Waals surface area contributed by atoms with Gasteiger partial charge in [-0.3, -0.25) is 0 Å². The number of nitrogens with zero attached hydrogens (tertiary/aromatic N) is 1. The summed E-state index contributed by atoms with van der Waals surface area (Å²) in [4.78, 5) is 0. The van der Waals surface area contributed by atoms with Crippen LogP contribution in [0.5, 0.6) is 5.75 Å². The van der Waals surface area contributed by atoms with Crippen molar-refractivity contribution in [1.29, 1.82) is 5.26 Å². The summed E-state index contributed by atoms with van der Waals surface area (Å²) in [5.74, 6) is 0.738. The second-order valence-corrected chi connectivity index (χ2v) is 4.62. The smallest absolute Gasteiger partial charge is 0.174 e. The van der Waals surface area contributed by atoms with Crippen LogP contribution in [-0.4, -0.2) is 6.61 Å². The van der Waals surface area contributed by atoms with Crippen molar-refractivity contribution in [2.24, 2.45) is 0 Å². The van der Waals surface area contributed by atoms with Crippen molar-refractivity contribution in [3.8, 4) is 11.8 Å². The summed E-state index contributed by atoms with van der Waals surface area (Å²) in [6.07, 6.45) is 0. The lowest BCUT2D eigenvalue weighted by molar-refractivity contribution is 0.367. The molecule has 0 aliphatic carbocycles. The third-order valence-corrected chi connectivity index (χ3v) is 3.11. The summed E-state index contributed by atoms with van der Waals surface area (Å²) in [5, 5.41) is 11.9. The Hall–Kier alpha value is -2.31. The van der Waals surface area contributed by atoms with Gasteiger partial charge in [0.2, 0.25) is 0 Å². The van der Waals surface area contributed by atoms with Gasteiger partial charge < -0.3 is 10.1 Å². The zero-order chi connectivity index (χ0) is 14.2. The summed E-state index contributed by atoms with van der Waals surface area (Å²) in [7, 11) is 0. The summed E-state index contributed by atoms with van der Waals surface area (Å²) in [6, 6.07) is 18.1. The molecule has 0 aliphatic rings. The van der Waals surface area contributed by atoms with Crippen molar-refractivity contribution in [3.05, 3.63) is 65.2 Å². The molecule has 20 heavy (non-hydrogen) atoms. The van der Waals surface area contributed by atoms with E-state index >= 15 is 0 Å². The highest BCUT2D eigenvalue weighted by atomic mass is 16.5. The zero-order valence-corrected chi connectivity index (χ0v) is 11.6. The fraction of sp³-hybridized carbons (Fsp3) is 0.235. The molecular formula is C17H18N2O. The van der Waals surface area contributed by atoms with Crippen LogP contribution in [0, 0.1) is 18.3 Å². The van der Waals surface area contributed by atoms with E-state index in [2.05, 4.69) is 36.5 Å². The first-order valence-electron chi connectivity index (χ1n) is 6.63. The molecule has 2 rings (SSSR count). The third kappa shape index (κ3) is 4.11. The number of hydrogen-bond acceptors (Lipinski definition) is 3. The topological polar surface area (TPSA) is 45.0 Å².